The van der Waals surface area contributed by atoms with Gasteiger partial charge in [0.2, 0.25) is 0 Å². The van der Waals surface area contributed by atoms with Gasteiger partial charge < -0.3 is 0 Å². The highest BCUT2D eigenvalue weighted by atomic mass is 19.4. The average molecular weight is 262 g/mol. The lowest BCUT2D eigenvalue weighted by Crippen LogP contribution is -2.32. The van der Waals surface area contributed by atoms with Crippen molar-refractivity contribution in [1.29, 1.82) is 0 Å². The van der Waals surface area contributed by atoms with Crippen molar-refractivity contribution in [1.82, 2.24) is 0 Å². The van der Waals surface area contributed by atoms with Gasteiger partial charge in [-0.1, -0.05) is 38.7 Å². The fraction of sp³-hybridized carbons (Fsp3) is 0.643. The Balaban J connectivity index is 0.000000631. The van der Waals surface area contributed by atoms with Crippen LogP contribution in [0.15, 0.2) is 30.6 Å². The molecular weight excluding hydrogens is 239 g/mol. The first kappa shape index (κ1) is 16.9. The normalized spacial score (nSPS) is 10.1. The third-order valence-electron chi connectivity index (χ3n) is 2.55. The highest BCUT2D eigenvalue weighted by Gasteiger charge is 1.96. The molecule has 0 radical (unpaired) electrons. The van der Waals surface area contributed by atoms with Crippen LogP contribution in [0.4, 0.5) is 13.2 Å². The predicted octanol–water partition coefficient (Wildman–Crippen LogP) is 4.51. The van der Waals surface area contributed by atoms with E-state index in [-0.39, 0.29) is 0 Å². The van der Waals surface area contributed by atoms with Gasteiger partial charge in [0.15, 0.2) is 12.4 Å². The summed E-state index contributed by atoms with van der Waals surface area (Å²) in [7, 11) is 0. The Hall–Kier alpha value is -1.06. The number of aromatic nitrogens is 1. The maximum atomic E-state index is 9.67. The zero-order valence-electron chi connectivity index (χ0n) is 11.0. The van der Waals surface area contributed by atoms with Crippen LogP contribution in [-0.2, 0) is 6.54 Å². The van der Waals surface area contributed by atoms with Crippen molar-refractivity contribution in [2.75, 3.05) is 0 Å². The van der Waals surface area contributed by atoms with E-state index in [0.29, 0.717) is 0 Å². The molecule has 0 amide bonds. The number of rotatable bonds is 7. The molecular formula is C14H23F3N+. The van der Waals surface area contributed by atoms with Crippen molar-refractivity contribution in [3.8, 4) is 0 Å². The Bertz CT molecular complexity index is 262. The topological polar surface area (TPSA) is 3.88 Å². The summed E-state index contributed by atoms with van der Waals surface area (Å²) in [6.45, 7) is -0.229. The first-order valence-electron chi connectivity index (χ1n) is 6.53. The smallest absolute Gasteiger partial charge is 0.205 e. The maximum absolute atomic E-state index is 9.67. The summed E-state index contributed by atoms with van der Waals surface area (Å²) >= 11 is 0. The highest BCUT2D eigenvalue weighted by molar-refractivity contribution is 4.83. The first-order chi connectivity index (χ1) is 8.66. The van der Waals surface area contributed by atoms with E-state index in [1.165, 1.54) is 45.1 Å². The molecule has 0 atom stereocenters. The summed E-state index contributed by atoms with van der Waals surface area (Å²) in [4.78, 5) is 0. The van der Waals surface area contributed by atoms with E-state index in [0.717, 1.165) is 0 Å². The lowest BCUT2D eigenvalue weighted by molar-refractivity contribution is -0.697. The summed E-state index contributed by atoms with van der Waals surface area (Å²) in [6.07, 6.45) is 12.5. The third-order valence-corrected chi connectivity index (χ3v) is 2.55. The molecule has 0 aliphatic rings. The molecule has 0 unspecified atom stereocenters. The number of unbranched alkanes of at least 4 members (excludes halogenated alkanes) is 5. The summed E-state index contributed by atoms with van der Waals surface area (Å²) in [5, 5.41) is 0. The molecule has 104 valence electrons. The molecule has 1 rings (SSSR count). The number of nitrogens with zero attached hydrogens (tertiary/aromatic N) is 1. The molecule has 4 heteroatoms. The van der Waals surface area contributed by atoms with E-state index in [1.54, 1.807) is 0 Å². The molecule has 0 bridgehead atoms. The second-order valence-corrected chi connectivity index (χ2v) is 4.13. The molecule has 18 heavy (non-hydrogen) atoms. The van der Waals surface area contributed by atoms with E-state index >= 15 is 0 Å². The summed E-state index contributed by atoms with van der Waals surface area (Å²) in [5.41, 5.74) is 0. The molecule has 1 aromatic rings. The van der Waals surface area contributed by atoms with Crippen LogP contribution in [0.3, 0.4) is 0 Å². The molecule has 0 aliphatic heterocycles. The average Bonchev–Trinajstić information content (AvgIpc) is 2.34. The first-order valence-corrected chi connectivity index (χ1v) is 6.53. The lowest BCUT2D eigenvalue weighted by Gasteiger charge is -1.98. The van der Waals surface area contributed by atoms with Crippen LogP contribution in [0.25, 0.3) is 0 Å². The number of hydrogen-bond acceptors (Lipinski definition) is 0. The zero-order valence-corrected chi connectivity index (χ0v) is 11.0. The quantitative estimate of drug-likeness (QED) is 0.502. The molecule has 1 aromatic heterocycles. The van der Waals surface area contributed by atoms with Crippen molar-refractivity contribution in [2.45, 2.75) is 58.7 Å². The minimum atomic E-state index is -3.67. The molecule has 0 saturated heterocycles. The number of pyridine rings is 1. The molecule has 0 N–H and O–H groups in total. The number of hydrogen-bond donors (Lipinski definition) is 0. The van der Waals surface area contributed by atoms with Gasteiger partial charge in [0.05, 0.1) is 0 Å². The molecule has 0 aliphatic carbocycles. The number of aryl methyl sites for hydroxylation is 1. The monoisotopic (exact) mass is 262 g/mol. The van der Waals surface area contributed by atoms with Gasteiger partial charge in [-0.25, -0.2) is 4.57 Å². The van der Waals surface area contributed by atoms with Gasteiger partial charge >= 0.3 is 6.68 Å². The van der Waals surface area contributed by atoms with Gasteiger partial charge in [-0.2, -0.15) is 13.2 Å². The van der Waals surface area contributed by atoms with Gasteiger partial charge in [0, 0.05) is 18.6 Å². The van der Waals surface area contributed by atoms with Crippen molar-refractivity contribution in [3.63, 3.8) is 0 Å². The SMILES string of the molecule is CCCCCCCC[n+]1ccccc1.FC(F)F. The Kier molecular flexibility index (Phi) is 11.7. The summed E-state index contributed by atoms with van der Waals surface area (Å²) in [5.74, 6) is 0. The van der Waals surface area contributed by atoms with Crippen molar-refractivity contribution in [3.05, 3.63) is 30.6 Å². The van der Waals surface area contributed by atoms with E-state index in [1.807, 2.05) is 0 Å². The Labute approximate surface area is 108 Å². The molecule has 0 saturated carbocycles. The second kappa shape index (κ2) is 12.4. The van der Waals surface area contributed by atoms with Crippen LogP contribution >= 0.6 is 0 Å². The number of alkyl halides is 3. The van der Waals surface area contributed by atoms with Crippen LogP contribution in [-0.4, -0.2) is 6.68 Å². The van der Waals surface area contributed by atoms with Gasteiger partial charge in [0.1, 0.15) is 6.54 Å². The summed E-state index contributed by atoms with van der Waals surface area (Å²) in [6, 6.07) is 6.26. The largest absolute Gasteiger partial charge is 0.379 e. The maximum Gasteiger partial charge on any atom is 0.379 e. The second-order valence-electron chi connectivity index (χ2n) is 4.13. The minimum Gasteiger partial charge on any atom is -0.205 e. The molecule has 1 nitrogen and oxygen atoms in total. The number of halogens is 3. The summed E-state index contributed by atoms with van der Waals surface area (Å²) < 4.78 is 31.3. The standard InChI is InChI=1S/C13H22N.CHF3/c1-2-3-4-5-6-8-11-14-12-9-7-10-13-14;2-1(3)4/h7,9-10,12-13H,2-6,8,11H2,1H3;1H/q+1;. The van der Waals surface area contributed by atoms with Gasteiger partial charge in [-0.05, 0) is 6.42 Å². The van der Waals surface area contributed by atoms with E-state index < -0.39 is 6.68 Å². The fourth-order valence-electron chi connectivity index (χ4n) is 1.66. The molecule has 1 heterocycles. The van der Waals surface area contributed by atoms with E-state index in [2.05, 4.69) is 42.1 Å². The molecule has 0 aromatic carbocycles. The third kappa shape index (κ3) is 13.0. The van der Waals surface area contributed by atoms with E-state index in [4.69, 9.17) is 0 Å². The Morgan fingerprint density at radius 3 is 1.89 bits per heavy atom. The lowest BCUT2D eigenvalue weighted by atomic mass is 10.1. The van der Waals surface area contributed by atoms with Gasteiger partial charge in [-0.15, -0.1) is 0 Å². The van der Waals surface area contributed by atoms with Crippen molar-refractivity contribution >= 4 is 0 Å². The minimum absolute atomic E-state index is 1.17. The van der Waals surface area contributed by atoms with Crippen LogP contribution in [0.5, 0.6) is 0 Å². The Morgan fingerprint density at radius 2 is 1.33 bits per heavy atom. The van der Waals surface area contributed by atoms with Crippen LogP contribution in [0.1, 0.15) is 45.4 Å². The molecule has 0 spiro atoms. The Morgan fingerprint density at radius 1 is 0.833 bits per heavy atom. The highest BCUT2D eigenvalue weighted by Crippen LogP contribution is 2.04. The van der Waals surface area contributed by atoms with Crippen LogP contribution in [0.2, 0.25) is 0 Å². The van der Waals surface area contributed by atoms with Gasteiger partial charge in [0.25, 0.3) is 0 Å². The van der Waals surface area contributed by atoms with E-state index in [9.17, 15) is 13.2 Å². The van der Waals surface area contributed by atoms with Crippen molar-refractivity contribution in [2.24, 2.45) is 0 Å². The van der Waals surface area contributed by atoms with Gasteiger partial charge in [-0.3, -0.25) is 0 Å². The van der Waals surface area contributed by atoms with Crippen LogP contribution < -0.4 is 4.57 Å². The predicted molar refractivity (Wildman–Crippen MR) is 67.1 cm³/mol. The van der Waals surface area contributed by atoms with Crippen LogP contribution in [0, 0.1) is 0 Å². The zero-order chi connectivity index (χ0) is 13.6. The fourth-order valence-corrected chi connectivity index (χ4v) is 1.66. The van der Waals surface area contributed by atoms with Crippen molar-refractivity contribution < 1.29 is 17.7 Å². The molecule has 0 fully saturated rings.